The maximum absolute atomic E-state index is 12.3. The fourth-order valence-electron chi connectivity index (χ4n) is 2.53. The van der Waals surface area contributed by atoms with Gasteiger partial charge in [-0.05, 0) is 53.8 Å². The van der Waals surface area contributed by atoms with Crippen molar-refractivity contribution < 1.29 is 24.2 Å². The van der Waals surface area contributed by atoms with Gasteiger partial charge in [0.15, 0.2) is 17.6 Å². The second-order valence-electron chi connectivity index (χ2n) is 7.66. The second kappa shape index (κ2) is 9.28. The predicted octanol–water partition coefficient (Wildman–Crippen LogP) is 4.28. The molecule has 2 rings (SSSR count). The topological polar surface area (TPSA) is 84.9 Å². The van der Waals surface area contributed by atoms with Gasteiger partial charge in [-0.1, -0.05) is 39.0 Å². The average Bonchev–Trinajstić information content (AvgIpc) is 2.67. The van der Waals surface area contributed by atoms with E-state index in [0.717, 1.165) is 5.56 Å². The van der Waals surface area contributed by atoms with Gasteiger partial charge in [0, 0.05) is 11.8 Å². The van der Waals surface area contributed by atoms with Crippen LogP contribution in [-0.2, 0) is 19.7 Å². The number of aromatic hydroxyl groups is 1. The van der Waals surface area contributed by atoms with Gasteiger partial charge in [-0.25, -0.2) is 4.79 Å². The Morgan fingerprint density at radius 2 is 1.76 bits per heavy atom. The van der Waals surface area contributed by atoms with Crippen molar-refractivity contribution in [3.8, 4) is 11.5 Å². The number of nitrogens with one attached hydrogen (secondary N) is 1. The summed E-state index contributed by atoms with van der Waals surface area (Å²) in [5.41, 5.74) is 2.47. The van der Waals surface area contributed by atoms with E-state index in [0.29, 0.717) is 17.0 Å². The van der Waals surface area contributed by atoms with Crippen molar-refractivity contribution >= 4 is 23.6 Å². The van der Waals surface area contributed by atoms with Crippen LogP contribution in [0.1, 0.15) is 38.8 Å². The number of carbonyl (C=O) groups excluding carboxylic acids is 2. The largest absolute Gasteiger partial charge is 0.504 e. The Morgan fingerprint density at radius 1 is 1.10 bits per heavy atom. The van der Waals surface area contributed by atoms with Gasteiger partial charge >= 0.3 is 5.97 Å². The molecule has 0 aromatic heterocycles. The van der Waals surface area contributed by atoms with Gasteiger partial charge in [0.05, 0.1) is 7.11 Å². The molecule has 29 heavy (non-hydrogen) atoms. The minimum absolute atomic E-state index is 0.00746. The number of phenolic OH excluding ortho intramolecular Hbond substituents is 1. The van der Waals surface area contributed by atoms with Crippen LogP contribution in [0.15, 0.2) is 48.5 Å². The molecule has 0 saturated heterocycles. The molecule has 2 N–H and O–H groups in total. The Bertz CT molecular complexity index is 894. The Hall–Kier alpha value is -3.28. The lowest BCUT2D eigenvalue weighted by molar-refractivity contribution is -0.148. The van der Waals surface area contributed by atoms with E-state index in [9.17, 15) is 14.7 Å². The monoisotopic (exact) mass is 397 g/mol. The normalized spacial score (nSPS) is 12.4. The lowest BCUT2D eigenvalue weighted by atomic mass is 9.87. The summed E-state index contributed by atoms with van der Waals surface area (Å²) in [6, 6.07) is 12.2. The van der Waals surface area contributed by atoms with Crippen LogP contribution in [0.3, 0.4) is 0 Å². The quantitative estimate of drug-likeness (QED) is 0.561. The van der Waals surface area contributed by atoms with E-state index in [4.69, 9.17) is 9.47 Å². The number of carbonyl (C=O) groups is 2. The highest BCUT2D eigenvalue weighted by Gasteiger charge is 2.18. The zero-order valence-electron chi connectivity index (χ0n) is 17.4. The fraction of sp³-hybridized carbons (Fsp3) is 0.304. The number of hydrogen-bond acceptors (Lipinski definition) is 5. The van der Waals surface area contributed by atoms with Gasteiger partial charge in [-0.15, -0.1) is 0 Å². The summed E-state index contributed by atoms with van der Waals surface area (Å²) in [6.07, 6.45) is 1.78. The van der Waals surface area contributed by atoms with Crippen molar-refractivity contribution in [1.29, 1.82) is 0 Å². The molecule has 0 saturated carbocycles. The number of hydrogen-bond donors (Lipinski definition) is 2. The van der Waals surface area contributed by atoms with Crippen molar-refractivity contribution in [3.63, 3.8) is 0 Å². The summed E-state index contributed by atoms with van der Waals surface area (Å²) in [4.78, 5) is 24.3. The van der Waals surface area contributed by atoms with E-state index in [1.807, 2.05) is 24.3 Å². The van der Waals surface area contributed by atoms with E-state index in [-0.39, 0.29) is 11.2 Å². The van der Waals surface area contributed by atoms with Crippen molar-refractivity contribution in [1.82, 2.24) is 0 Å². The number of anilines is 1. The number of ether oxygens (including phenoxy) is 2. The highest BCUT2D eigenvalue weighted by atomic mass is 16.5. The van der Waals surface area contributed by atoms with E-state index < -0.39 is 18.0 Å². The fourth-order valence-corrected chi connectivity index (χ4v) is 2.53. The lowest BCUT2D eigenvalue weighted by Gasteiger charge is -2.19. The Morgan fingerprint density at radius 3 is 2.34 bits per heavy atom. The molecule has 2 aromatic rings. The third-order valence-electron chi connectivity index (χ3n) is 4.30. The summed E-state index contributed by atoms with van der Waals surface area (Å²) in [5, 5.41) is 12.3. The summed E-state index contributed by atoms with van der Waals surface area (Å²) < 4.78 is 10.2. The van der Waals surface area contributed by atoms with Gasteiger partial charge < -0.3 is 19.9 Å². The highest BCUT2D eigenvalue weighted by Crippen LogP contribution is 2.27. The minimum Gasteiger partial charge on any atom is -0.504 e. The van der Waals surface area contributed by atoms with Crippen LogP contribution in [0.5, 0.6) is 11.5 Å². The molecule has 1 atom stereocenters. The van der Waals surface area contributed by atoms with E-state index in [1.165, 1.54) is 32.3 Å². The zero-order valence-corrected chi connectivity index (χ0v) is 17.4. The van der Waals surface area contributed by atoms with Crippen LogP contribution in [0.25, 0.3) is 6.08 Å². The van der Waals surface area contributed by atoms with Gasteiger partial charge in [-0.3, -0.25) is 4.79 Å². The molecule has 1 unspecified atom stereocenters. The minimum atomic E-state index is -0.955. The first kappa shape index (κ1) is 22.0. The van der Waals surface area contributed by atoms with Gasteiger partial charge in [0.25, 0.3) is 5.91 Å². The number of rotatable bonds is 6. The highest BCUT2D eigenvalue weighted by molar-refractivity contribution is 5.96. The summed E-state index contributed by atoms with van der Waals surface area (Å²) in [6.45, 7) is 7.85. The lowest BCUT2D eigenvalue weighted by Crippen LogP contribution is -2.29. The molecule has 0 spiro atoms. The number of esters is 1. The molecule has 0 bridgehead atoms. The van der Waals surface area contributed by atoms with Crippen LogP contribution in [0.4, 0.5) is 5.69 Å². The van der Waals surface area contributed by atoms with E-state index in [2.05, 4.69) is 26.1 Å². The van der Waals surface area contributed by atoms with Gasteiger partial charge in [-0.2, -0.15) is 0 Å². The number of benzene rings is 2. The maximum atomic E-state index is 12.3. The molecule has 0 aliphatic heterocycles. The molecule has 0 aliphatic carbocycles. The molecule has 2 aromatic carbocycles. The molecule has 0 radical (unpaired) electrons. The van der Waals surface area contributed by atoms with Gasteiger partial charge in [0.2, 0.25) is 0 Å². The second-order valence-corrected chi connectivity index (χ2v) is 7.66. The van der Waals surface area contributed by atoms with Crippen LogP contribution >= 0.6 is 0 Å². The Labute approximate surface area is 171 Å². The zero-order chi connectivity index (χ0) is 21.6. The maximum Gasteiger partial charge on any atom is 0.331 e. The van der Waals surface area contributed by atoms with Crippen molar-refractivity contribution in [3.05, 3.63) is 59.7 Å². The third-order valence-corrected chi connectivity index (χ3v) is 4.30. The van der Waals surface area contributed by atoms with Gasteiger partial charge in [0.1, 0.15) is 0 Å². The first-order valence-electron chi connectivity index (χ1n) is 9.27. The van der Waals surface area contributed by atoms with Crippen LogP contribution in [0, 0.1) is 0 Å². The Kier molecular flexibility index (Phi) is 7.04. The molecular formula is C23H27NO5. The SMILES string of the molecule is COc1cc(/C=C/C(=O)OC(C)C(=O)Nc2ccc(C(C)(C)C)cc2)ccc1O. The third kappa shape index (κ3) is 6.38. The molecule has 0 heterocycles. The molecule has 6 heteroatoms. The van der Waals surface area contributed by atoms with E-state index >= 15 is 0 Å². The summed E-state index contributed by atoms with van der Waals surface area (Å²) >= 11 is 0. The van der Waals surface area contributed by atoms with Crippen molar-refractivity contribution in [2.75, 3.05) is 12.4 Å². The first-order valence-corrected chi connectivity index (χ1v) is 9.27. The molecule has 0 fully saturated rings. The smallest absolute Gasteiger partial charge is 0.331 e. The summed E-state index contributed by atoms with van der Waals surface area (Å²) in [7, 11) is 1.44. The average molecular weight is 397 g/mol. The van der Waals surface area contributed by atoms with Crippen LogP contribution < -0.4 is 10.1 Å². The molecular weight excluding hydrogens is 370 g/mol. The number of methoxy groups -OCH3 is 1. The standard InChI is InChI=1S/C23H27NO5/c1-15(22(27)24-18-10-8-17(9-11-18)23(2,3)4)29-21(26)13-7-16-6-12-19(25)20(14-16)28-5/h6-15,25H,1-5H3,(H,24,27)/b13-7+. The van der Waals surface area contributed by atoms with Crippen LogP contribution in [-0.4, -0.2) is 30.2 Å². The van der Waals surface area contributed by atoms with Crippen LogP contribution in [0.2, 0.25) is 0 Å². The summed E-state index contributed by atoms with van der Waals surface area (Å²) in [5.74, 6) is -0.761. The van der Waals surface area contributed by atoms with Crippen molar-refractivity contribution in [2.24, 2.45) is 0 Å². The molecule has 6 nitrogen and oxygen atoms in total. The number of amides is 1. The molecule has 154 valence electrons. The van der Waals surface area contributed by atoms with Crippen molar-refractivity contribution in [2.45, 2.75) is 39.2 Å². The molecule has 0 aliphatic rings. The Balaban J connectivity index is 1.92. The van der Waals surface area contributed by atoms with E-state index in [1.54, 1.807) is 12.1 Å². The molecule has 1 amide bonds. The first-order chi connectivity index (χ1) is 13.6. The number of phenols is 1. The predicted molar refractivity (Wildman–Crippen MR) is 113 cm³/mol.